The molecule has 98 valence electrons. The van der Waals surface area contributed by atoms with Crippen molar-refractivity contribution in [3.8, 4) is 0 Å². The molecule has 0 unspecified atom stereocenters. The van der Waals surface area contributed by atoms with E-state index in [1.165, 1.54) is 24.8 Å². The molecule has 0 heterocycles. The summed E-state index contributed by atoms with van der Waals surface area (Å²) in [5, 5.41) is 10.9. The highest BCUT2D eigenvalue weighted by molar-refractivity contribution is 7.99. The molecule has 0 aromatic heterocycles. The molecule has 0 fully saturated rings. The second-order valence-electron chi connectivity index (χ2n) is 3.66. The molecule has 4 nitrogen and oxygen atoms in total. The van der Waals surface area contributed by atoms with Gasteiger partial charge in [0.15, 0.2) is 0 Å². The van der Waals surface area contributed by atoms with Crippen molar-refractivity contribution >= 4 is 23.6 Å². The van der Waals surface area contributed by atoms with Gasteiger partial charge in [0.25, 0.3) is 0 Å². The molecule has 2 N–H and O–H groups in total. The van der Waals surface area contributed by atoms with Gasteiger partial charge >= 0.3 is 5.97 Å². The molecule has 1 amide bonds. The Morgan fingerprint density at radius 1 is 1.44 bits per heavy atom. The van der Waals surface area contributed by atoms with E-state index in [2.05, 4.69) is 5.32 Å². The molecule has 1 aromatic carbocycles. The van der Waals surface area contributed by atoms with Gasteiger partial charge in [0.2, 0.25) is 5.91 Å². The van der Waals surface area contributed by atoms with Gasteiger partial charge in [-0.2, -0.15) is 0 Å². The predicted molar refractivity (Wildman–Crippen MR) is 67.0 cm³/mol. The lowest BCUT2D eigenvalue weighted by molar-refractivity contribution is -0.141. The smallest absolute Gasteiger partial charge is 0.325 e. The number of hydrogen-bond donors (Lipinski definition) is 2. The van der Waals surface area contributed by atoms with Crippen molar-refractivity contribution in [2.75, 3.05) is 5.75 Å². The lowest BCUT2D eigenvalue weighted by atomic mass is 10.3. The van der Waals surface area contributed by atoms with Gasteiger partial charge in [-0.05, 0) is 19.1 Å². The molecule has 0 bridgehead atoms. The summed E-state index contributed by atoms with van der Waals surface area (Å²) in [5.74, 6) is -1.35. The molecule has 0 aliphatic carbocycles. The Kier molecular flexibility index (Phi) is 5.64. The molecule has 0 saturated heterocycles. The van der Waals surface area contributed by atoms with Gasteiger partial charge in [0.05, 0.1) is 0 Å². The predicted octanol–water partition coefficient (Wildman–Crippen LogP) is 1.90. The Balaban J connectivity index is 2.32. The standard InChI is InChI=1S/C12H14FNO3S/c1-8(12(16)17)14-11(15)6-7-18-10-5-3-2-4-9(10)13/h2-5,8H,6-7H2,1H3,(H,14,15)(H,16,17)/t8-/m0/s1. The van der Waals surface area contributed by atoms with Crippen LogP contribution in [0.25, 0.3) is 0 Å². The summed E-state index contributed by atoms with van der Waals surface area (Å²) >= 11 is 1.23. The molecular formula is C12H14FNO3S. The van der Waals surface area contributed by atoms with Crippen LogP contribution in [0.1, 0.15) is 13.3 Å². The molecule has 1 rings (SSSR count). The van der Waals surface area contributed by atoms with E-state index in [9.17, 15) is 14.0 Å². The number of hydrogen-bond acceptors (Lipinski definition) is 3. The summed E-state index contributed by atoms with van der Waals surface area (Å²) in [6.45, 7) is 1.39. The van der Waals surface area contributed by atoms with E-state index in [1.807, 2.05) is 0 Å². The van der Waals surface area contributed by atoms with Crippen molar-refractivity contribution in [3.05, 3.63) is 30.1 Å². The first kappa shape index (κ1) is 14.5. The molecule has 1 aromatic rings. The number of aliphatic carboxylic acids is 1. The fraction of sp³-hybridized carbons (Fsp3) is 0.333. The van der Waals surface area contributed by atoms with Crippen LogP contribution in [0.5, 0.6) is 0 Å². The summed E-state index contributed by atoms with van der Waals surface area (Å²) in [6.07, 6.45) is 0.149. The molecule has 0 saturated carbocycles. The number of amides is 1. The minimum Gasteiger partial charge on any atom is -0.480 e. The van der Waals surface area contributed by atoms with E-state index in [0.29, 0.717) is 10.6 Å². The van der Waals surface area contributed by atoms with E-state index in [0.717, 1.165) is 0 Å². The minimum absolute atomic E-state index is 0.149. The number of thioether (sulfide) groups is 1. The van der Waals surface area contributed by atoms with E-state index >= 15 is 0 Å². The third kappa shape index (κ3) is 4.75. The van der Waals surface area contributed by atoms with Gasteiger partial charge in [-0.1, -0.05) is 12.1 Å². The second-order valence-corrected chi connectivity index (χ2v) is 4.79. The number of halogens is 1. The number of carbonyl (C=O) groups is 2. The topological polar surface area (TPSA) is 66.4 Å². The van der Waals surface area contributed by atoms with Crippen LogP contribution in [0.4, 0.5) is 4.39 Å². The van der Waals surface area contributed by atoms with Gasteiger partial charge in [0, 0.05) is 17.1 Å². The van der Waals surface area contributed by atoms with E-state index in [1.54, 1.807) is 18.2 Å². The molecule has 0 aliphatic rings. The highest BCUT2D eigenvalue weighted by atomic mass is 32.2. The van der Waals surface area contributed by atoms with Gasteiger partial charge in [-0.3, -0.25) is 9.59 Å². The molecular weight excluding hydrogens is 257 g/mol. The van der Waals surface area contributed by atoms with Crippen molar-refractivity contribution in [2.45, 2.75) is 24.3 Å². The summed E-state index contributed by atoms with van der Waals surface area (Å²) in [7, 11) is 0. The lowest BCUT2D eigenvalue weighted by Gasteiger charge is -2.08. The number of benzene rings is 1. The molecule has 0 radical (unpaired) electrons. The van der Waals surface area contributed by atoms with Crippen LogP contribution >= 0.6 is 11.8 Å². The van der Waals surface area contributed by atoms with Crippen LogP contribution in [0, 0.1) is 5.82 Å². The Labute approximate surface area is 109 Å². The monoisotopic (exact) mass is 271 g/mol. The minimum atomic E-state index is -1.08. The van der Waals surface area contributed by atoms with Crippen LogP contribution in [0.15, 0.2) is 29.2 Å². The first-order valence-electron chi connectivity index (χ1n) is 5.40. The SMILES string of the molecule is C[C@H](NC(=O)CCSc1ccccc1F)C(=O)O. The molecule has 6 heteroatoms. The maximum atomic E-state index is 13.2. The van der Waals surface area contributed by atoms with Crippen molar-refractivity contribution in [2.24, 2.45) is 0 Å². The average molecular weight is 271 g/mol. The largest absolute Gasteiger partial charge is 0.480 e. The molecule has 0 spiro atoms. The quantitative estimate of drug-likeness (QED) is 0.775. The van der Waals surface area contributed by atoms with E-state index < -0.39 is 12.0 Å². The average Bonchev–Trinajstić information content (AvgIpc) is 2.31. The third-order valence-electron chi connectivity index (χ3n) is 2.17. The lowest BCUT2D eigenvalue weighted by Crippen LogP contribution is -2.38. The highest BCUT2D eigenvalue weighted by Crippen LogP contribution is 2.21. The maximum Gasteiger partial charge on any atom is 0.325 e. The summed E-state index contributed by atoms with van der Waals surface area (Å²) < 4.78 is 13.2. The Morgan fingerprint density at radius 3 is 2.72 bits per heavy atom. The number of nitrogens with one attached hydrogen (secondary N) is 1. The fourth-order valence-corrected chi connectivity index (χ4v) is 2.08. The zero-order valence-corrected chi connectivity index (χ0v) is 10.7. The third-order valence-corrected chi connectivity index (χ3v) is 3.22. The van der Waals surface area contributed by atoms with Crippen molar-refractivity contribution < 1.29 is 19.1 Å². The van der Waals surface area contributed by atoms with Crippen LogP contribution in [0.2, 0.25) is 0 Å². The first-order valence-corrected chi connectivity index (χ1v) is 6.38. The fourth-order valence-electron chi connectivity index (χ4n) is 1.19. The Bertz CT molecular complexity index is 439. The maximum absolute atomic E-state index is 13.2. The first-order chi connectivity index (χ1) is 8.50. The van der Waals surface area contributed by atoms with Crippen molar-refractivity contribution in [3.63, 3.8) is 0 Å². The zero-order chi connectivity index (χ0) is 13.5. The number of carboxylic acid groups (broad SMARTS) is 1. The van der Waals surface area contributed by atoms with Crippen molar-refractivity contribution in [1.29, 1.82) is 0 Å². The van der Waals surface area contributed by atoms with E-state index in [4.69, 9.17) is 5.11 Å². The summed E-state index contributed by atoms with van der Waals surface area (Å²) in [6, 6.07) is 5.40. The normalized spacial score (nSPS) is 11.9. The highest BCUT2D eigenvalue weighted by Gasteiger charge is 2.13. The summed E-state index contributed by atoms with van der Waals surface area (Å²) in [5.41, 5.74) is 0. The van der Waals surface area contributed by atoms with Crippen LogP contribution < -0.4 is 5.32 Å². The molecule has 18 heavy (non-hydrogen) atoms. The van der Waals surface area contributed by atoms with Gasteiger partial charge in [-0.15, -0.1) is 11.8 Å². The zero-order valence-electron chi connectivity index (χ0n) is 9.85. The number of carbonyl (C=O) groups excluding carboxylic acids is 1. The molecule has 0 aliphatic heterocycles. The number of carboxylic acids is 1. The second kappa shape index (κ2) is 7.00. The Hall–Kier alpha value is -1.56. The summed E-state index contributed by atoms with van der Waals surface area (Å²) in [4.78, 5) is 22.3. The van der Waals surface area contributed by atoms with Gasteiger partial charge < -0.3 is 10.4 Å². The number of rotatable bonds is 6. The van der Waals surface area contributed by atoms with Gasteiger partial charge in [0.1, 0.15) is 11.9 Å². The van der Waals surface area contributed by atoms with Gasteiger partial charge in [-0.25, -0.2) is 4.39 Å². The van der Waals surface area contributed by atoms with Crippen molar-refractivity contribution in [1.82, 2.24) is 5.32 Å². The van der Waals surface area contributed by atoms with Crippen LogP contribution in [-0.4, -0.2) is 28.8 Å². The van der Waals surface area contributed by atoms with Crippen LogP contribution in [0.3, 0.4) is 0 Å². The van der Waals surface area contributed by atoms with Crippen LogP contribution in [-0.2, 0) is 9.59 Å². The molecule has 1 atom stereocenters. The Morgan fingerprint density at radius 2 is 2.11 bits per heavy atom. The van der Waals surface area contributed by atoms with E-state index in [-0.39, 0.29) is 18.1 Å².